The van der Waals surface area contributed by atoms with Gasteiger partial charge >= 0.3 is 0 Å². The van der Waals surface area contributed by atoms with Crippen LogP contribution >= 0.6 is 0 Å². The van der Waals surface area contributed by atoms with Gasteiger partial charge in [0, 0.05) is 37.8 Å². The molecule has 3 aromatic rings. The summed E-state index contributed by atoms with van der Waals surface area (Å²) in [6, 6.07) is 9.10. The van der Waals surface area contributed by atoms with Gasteiger partial charge in [-0.1, -0.05) is 34.6 Å². The Morgan fingerprint density at radius 3 is 2.65 bits per heavy atom. The van der Waals surface area contributed by atoms with E-state index in [4.69, 9.17) is 4.74 Å². The predicted octanol–water partition coefficient (Wildman–Crippen LogP) is 1.41. The van der Waals surface area contributed by atoms with Crippen LogP contribution in [0.1, 0.15) is 38.6 Å². The van der Waals surface area contributed by atoms with E-state index in [2.05, 4.69) is 20.3 Å². The lowest BCUT2D eigenvalue weighted by Crippen LogP contribution is -2.35. The molecule has 1 aliphatic rings. The van der Waals surface area contributed by atoms with E-state index in [1.54, 1.807) is 16.4 Å². The van der Waals surface area contributed by atoms with Gasteiger partial charge in [0.15, 0.2) is 0 Å². The van der Waals surface area contributed by atoms with Crippen molar-refractivity contribution in [1.29, 1.82) is 0 Å². The summed E-state index contributed by atoms with van der Waals surface area (Å²) in [5.74, 6) is -0.215. The molecule has 34 heavy (non-hydrogen) atoms. The van der Waals surface area contributed by atoms with Gasteiger partial charge in [-0.25, -0.2) is 4.63 Å². The first kappa shape index (κ1) is 23.2. The summed E-state index contributed by atoms with van der Waals surface area (Å²) in [6.45, 7) is 4.91. The number of hydrogen-bond acceptors (Lipinski definition) is 7. The van der Waals surface area contributed by atoms with E-state index in [-0.39, 0.29) is 29.3 Å². The van der Waals surface area contributed by atoms with Crippen molar-refractivity contribution in [3.8, 4) is 5.75 Å². The molecule has 3 heterocycles. The zero-order chi connectivity index (χ0) is 24.2. The molecule has 0 unspecified atom stereocenters. The minimum Gasteiger partial charge on any atom is -0.496 e. The number of nitrogens with one attached hydrogen (secondary N) is 1. The largest absolute Gasteiger partial charge is 0.496 e. The van der Waals surface area contributed by atoms with Crippen LogP contribution in [0.3, 0.4) is 0 Å². The number of aryl methyl sites for hydroxylation is 2. The summed E-state index contributed by atoms with van der Waals surface area (Å²) in [7, 11) is 1.42. The molecule has 10 nitrogen and oxygen atoms in total. The quantitative estimate of drug-likeness (QED) is 0.585. The molecule has 0 spiro atoms. The van der Waals surface area contributed by atoms with Crippen molar-refractivity contribution >= 4 is 11.8 Å². The molecule has 0 bridgehead atoms. The van der Waals surface area contributed by atoms with E-state index in [9.17, 15) is 14.4 Å². The molecule has 10 heteroatoms. The molecule has 4 rings (SSSR count). The molecule has 178 valence electrons. The number of rotatable bonds is 6. The topological polar surface area (TPSA) is 120 Å². The van der Waals surface area contributed by atoms with Crippen molar-refractivity contribution in [2.45, 2.75) is 39.8 Å². The highest BCUT2D eigenvalue weighted by Gasteiger charge is 2.27. The van der Waals surface area contributed by atoms with Gasteiger partial charge < -0.3 is 19.5 Å². The van der Waals surface area contributed by atoms with Crippen LogP contribution in [0.25, 0.3) is 0 Å². The van der Waals surface area contributed by atoms with E-state index < -0.39 is 5.91 Å². The van der Waals surface area contributed by atoms with Crippen molar-refractivity contribution in [3.63, 3.8) is 0 Å². The number of nitrogens with zero attached hydrogens (tertiary/aromatic N) is 4. The molecule has 2 aromatic heterocycles. The molecule has 0 atom stereocenters. The summed E-state index contributed by atoms with van der Waals surface area (Å²) in [5.41, 5.74) is 3.69. The summed E-state index contributed by atoms with van der Waals surface area (Å²) in [4.78, 5) is 40.7. The number of amides is 2. The Bertz CT molecular complexity index is 1280. The zero-order valence-electron chi connectivity index (χ0n) is 19.5. The fraction of sp³-hybridized carbons (Fsp3) is 0.375. The van der Waals surface area contributed by atoms with Gasteiger partial charge in [-0.05, 0) is 25.0 Å². The number of benzene rings is 1. The van der Waals surface area contributed by atoms with E-state index in [1.165, 1.54) is 13.2 Å². The molecule has 0 aliphatic carbocycles. The highest BCUT2D eigenvalue weighted by atomic mass is 16.6. The Morgan fingerprint density at radius 2 is 1.94 bits per heavy atom. The van der Waals surface area contributed by atoms with Gasteiger partial charge in [-0.3, -0.25) is 14.4 Å². The lowest BCUT2D eigenvalue weighted by atomic mass is 10.0. The number of hydrogen-bond donors (Lipinski definition) is 1. The smallest absolute Gasteiger partial charge is 0.257 e. The number of ether oxygens (including phenoxy) is 1. The highest BCUT2D eigenvalue weighted by molar-refractivity contribution is 5.98. The number of pyridine rings is 1. The van der Waals surface area contributed by atoms with Gasteiger partial charge in [0.05, 0.1) is 20.1 Å². The van der Waals surface area contributed by atoms with Gasteiger partial charge in [-0.2, -0.15) is 0 Å². The van der Waals surface area contributed by atoms with Gasteiger partial charge in [0.2, 0.25) is 5.91 Å². The second kappa shape index (κ2) is 9.90. The van der Waals surface area contributed by atoms with E-state index in [0.717, 1.165) is 11.1 Å². The molecule has 0 saturated carbocycles. The van der Waals surface area contributed by atoms with Crippen LogP contribution in [0.5, 0.6) is 5.75 Å². The molecule has 0 radical (unpaired) electrons. The first-order valence-corrected chi connectivity index (χ1v) is 11.1. The summed E-state index contributed by atoms with van der Waals surface area (Å²) in [6.07, 6.45) is 0.638. The van der Waals surface area contributed by atoms with Crippen LogP contribution in [0.15, 0.2) is 39.8 Å². The average molecular weight is 466 g/mol. The number of carbonyl (C=O) groups excluding carboxylic acids is 2. The first-order chi connectivity index (χ1) is 16.4. The minimum absolute atomic E-state index is 0.0119. The molecular formula is C24H27N5O5. The molecule has 0 fully saturated rings. The fourth-order valence-electron chi connectivity index (χ4n) is 4.15. The van der Waals surface area contributed by atoms with E-state index in [0.29, 0.717) is 49.6 Å². The molecule has 0 saturated heterocycles. The van der Waals surface area contributed by atoms with Crippen LogP contribution in [0.2, 0.25) is 0 Å². The second-order valence-corrected chi connectivity index (χ2v) is 8.24. The number of aromatic nitrogens is 3. The average Bonchev–Trinajstić information content (AvgIpc) is 3.10. The van der Waals surface area contributed by atoms with Crippen molar-refractivity contribution in [2.75, 3.05) is 20.2 Å². The Hall–Kier alpha value is -3.95. The Labute approximate surface area is 196 Å². The zero-order valence-corrected chi connectivity index (χ0v) is 19.5. The van der Waals surface area contributed by atoms with Gasteiger partial charge in [-0.15, -0.1) is 0 Å². The molecule has 2 amide bonds. The van der Waals surface area contributed by atoms with Crippen LogP contribution in [0.4, 0.5) is 0 Å². The van der Waals surface area contributed by atoms with Crippen LogP contribution in [0, 0.1) is 13.8 Å². The normalized spacial score (nSPS) is 13.2. The summed E-state index contributed by atoms with van der Waals surface area (Å²) >= 11 is 0. The maximum atomic E-state index is 13.2. The maximum Gasteiger partial charge on any atom is 0.257 e. The number of methoxy groups -OCH3 is 1. The predicted molar refractivity (Wildman–Crippen MR) is 123 cm³/mol. The van der Waals surface area contributed by atoms with Crippen LogP contribution in [-0.2, 0) is 30.7 Å². The van der Waals surface area contributed by atoms with E-state index >= 15 is 0 Å². The van der Waals surface area contributed by atoms with Crippen molar-refractivity contribution in [3.05, 3.63) is 74.5 Å². The summed E-state index contributed by atoms with van der Waals surface area (Å²) in [5, 5.41) is 10.3. The highest BCUT2D eigenvalue weighted by Crippen LogP contribution is 2.23. The standard InChI is InChI=1S/C24H27N5O5/c1-15-6-4-5-7-17(15)12-21(30)28-9-8-19-23(20(33-3)13-22(31)29(19)11-10-28)24(32)25-14-18-16(2)26-34-27-18/h4-7,13H,8-12,14H2,1-3H3,(H,25,32). The SMILES string of the molecule is COc1cc(=O)n2c(c1C(=O)NCc1nonc1C)CCN(C(=O)Cc1ccccc1C)CC2. The molecular weight excluding hydrogens is 438 g/mol. The third-order valence-corrected chi connectivity index (χ3v) is 6.16. The number of fused-ring (bicyclic) bond motifs is 1. The van der Waals surface area contributed by atoms with Gasteiger partial charge in [0.25, 0.3) is 11.5 Å². The van der Waals surface area contributed by atoms with E-state index in [1.807, 2.05) is 31.2 Å². The monoisotopic (exact) mass is 465 g/mol. The third kappa shape index (κ3) is 4.70. The molecule has 1 aliphatic heterocycles. The third-order valence-electron chi connectivity index (χ3n) is 6.16. The Kier molecular flexibility index (Phi) is 6.76. The Morgan fingerprint density at radius 1 is 1.15 bits per heavy atom. The summed E-state index contributed by atoms with van der Waals surface area (Å²) < 4.78 is 11.6. The first-order valence-electron chi connectivity index (χ1n) is 11.1. The fourth-order valence-corrected chi connectivity index (χ4v) is 4.15. The second-order valence-electron chi connectivity index (χ2n) is 8.24. The van der Waals surface area contributed by atoms with Gasteiger partial charge in [0.1, 0.15) is 22.7 Å². The lowest BCUT2D eigenvalue weighted by molar-refractivity contribution is -0.130. The number of carbonyl (C=O) groups is 2. The lowest BCUT2D eigenvalue weighted by Gasteiger charge is -2.20. The van der Waals surface area contributed by atoms with Crippen molar-refractivity contribution in [1.82, 2.24) is 25.1 Å². The van der Waals surface area contributed by atoms with Crippen molar-refractivity contribution < 1.29 is 19.0 Å². The van der Waals surface area contributed by atoms with Crippen LogP contribution in [-0.4, -0.2) is 51.8 Å². The molecule has 1 N–H and O–H groups in total. The van der Waals surface area contributed by atoms with Crippen LogP contribution < -0.4 is 15.6 Å². The maximum absolute atomic E-state index is 13.2. The molecule has 1 aromatic carbocycles. The minimum atomic E-state index is -0.400. The van der Waals surface area contributed by atoms with Crippen molar-refractivity contribution in [2.24, 2.45) is 0 Å². The Balaban J connectivity index is 1.56.